The van der Waals surface area contributed by atoms with Gasteiger partial charge in [-0.05, 0) is 45.5 Å². The molecule has 150 valence electrons. The Kier molecular flexibility index (Phi) is 4.13. The standard InChI is InChI=1S/C30H23Br/c1-29-19-9-11-21-10-7-18-27(28(21)29)30(22-12-3-2-4-13-22,23-14-8-15-24(31)20-23)26-17-6-5-16-25(26)29/h2-20,28H,1H3/t28-,29-,30?/m0/s1. The van der Waals surface area contributed by atoms with Gasteiger partial charge in [-0.15, -0.1) is 0 Å². The van der Waals surface area contributed by atoms with E-state index < -0.39 is 0 Å². The lowest BCUT2D eigenvalue weighted by molar-refractivity contribution is 0.391. The Balaban J connectivity index is 1.82. The zero-order valence-electron chi connectivity index (χ0n) is 17.4. The maximum absolute atomic E-state index is 3.76. The summed E-state index contributed by atoms with van der Waals surface area (Å²) in [7, 11) is 0. The average molecular weight is 463 g/mol. The fourth-order valence-corrected chi connectivity index (χ4v) is 6.55. The topological polar surface area (TPSA) is 0 Å². The third kappa shape index (κ3) is 2.47. The number of fused-ring (bicyclic) bond motifs is 2. The number of allylic oxidation sites excluding steroid dienone is 8. The highest BCUT2D eigenvalue weighted by Gasteiger charge is 2.55. The van der Waals surface area contributed by atoms with E-state index in [-0.39, 0.29) is 10.8 Å². The van der Waals surface area contributed by atoms with Crippen molar-refractivity contribution in [2.45, 2.75) is 17.8 Å². The van der Waals surface area contributed by atoms with Crippen LogP contribution in [0.2, 0.25) is 0 Å². The Morgan fingerprint density at radius 1 is 0.742 bits per heavy atom. The van der Waals surface area contributed by atoms with Gasteiger partial charge < -0.3 is 0 Å². The quantitative estimate of drug-likeness (QED) is 0.366. The summed E-state index contributed by atoms with van der Waals surface area (Å²) in [6.45, 7) is 2.41. The maximum Gasteiger partial charge on any atom is 0.0674 e. The van der Waals surface area contributed by atoms with E-state index in [1.165, 1.54) is 33.4 Å². The molecular formula is C30H23Br. The van der Waals surface area contributed by atoms with Crippen LogP contribution in [-0.2, 0) is 10.8 Å². The molecule has 0 N–H and O–H groups in total. The fourth-order valence-electron chi connectivity index (χ4n) is 6.15. The second-order valence-corrected chi connectivity index (χ2v) is 9.81. The maximum atomic E-state index is 3.76. The van der Waals surface area contributed by atoms with Crippen molar-refractivity contribution in [3.05, 3.63) is 153 Å². The van der Waals surface area contributed by atoms with E-state index in [4.69, 9.17) is 0 Å². The summed E-state index contributed by atoms with van der Waals surface area (Å²) < 4.78 is 1.11. The van der Waals surface area contributed by atoms with E-state index in [0.29, 0.717) is 5.92 Å². The first-order chi connectivity index (χ1) is 15.2. The Morgan fingerprint density at radius 2 is 1.48 bits per heavy atom. The molecule has 0 aliphatic heterocycles. The fraction of sp³-hybridized carbons (Fsp3) is 0.133. The molecule has 6 rings (SSSR count). The van der Waals surface area contributed by atoms with Crippen LogP contribution in [0.15, 0.2) is 131 Å². The highest BCUT2D eigenvalue weighted by molar-refractivity contribution is 9.10. The molecule has 0 spiro atoms. The van der Waals surface area contributed by atoms with E-state index in [2.05, 4.69) is 138 Å². The molecule has 3 atom stereocenters. The zero-order valence-corrected chi connectivity index (χ0v) is 19.0. The van der Waals surface area contributed by atoms with Crippen LogP contribution in [-0.4, -0.2) is 0 Å². The van der Waals surface area contributed by atoms with E-state index >= 15 is 0 Å². The third-order valence-corrected chi connectivity index (χ3v) is 7.84. The number of benzene rings is 3. The largest absolute Gasteiger partial charge is 0.0733 e. The highest BCUT2D eigenvalue weighted by Crippen LogP contribution is 2.62. The van der Waals surface area contributed by atoms with Gasteiger partial charge in [-0.25, -0.2) is 0 Å². The van der Waals surface area contributed by atoms with Crippen LogP contribution in [0, 0.1) is 5.92 Å². The van der Waals surface area contributed by atoms with Gasteiger partial charge in [-0.2, -0.15) is 0 Å². The lowest BCUT2D eigenvalue weighted by Gasteiger charge is -2.55. The van der Waals surface area contributed by atoms with Crippen LogP contribution < -0.4 is 0 Å². The van der Waals surface area contributed by atoms with Gasteiger partial charge in [0, 0.05) is 15.8 Å². The molecule has 0 saturated carbocycles. The van der Waals surface area contributed by atoms with Crippen LogP contribution in [0.5, 0.6) is 0 Å². The summed E-state index contributed by atoms with van der Waals surface area (Å²) in [5, 5.41) is 0. The lowest BCUT2D eigenvalue weighted by atomic mass is 9.47. The van der Waals surface area contributed by atoms with Crippen molar-refractivity contribution in [1.82, 2.24) is 0 Å². The number of hydrogen-bond acceptors (Lipinski definition) is 0. The molecule has 0 radical (unpaired) electrons. The molecule has 0 bridgehead atoms. The number of halogens is 1. The van der Waals surface area contributed by atoms with Crippen molar-refractivity contribution in [3.8, 4) is 0 Å². The lowest BCUT2D eigenvalue weighted by Crippen LogP contribution is -2.49. The molecule has 0 aromatic heterocycles. The second-order valence-electron chi connectivity index (χ2n) is 8.89. The number of rotatable bonds is 2. The van der Waals surface area contributed by atoms with E-state index in [1.807, 2.05) is 0 Å². The van der Waals surface area contributed by atoms with E-state index in [0.717, 1.165) is 4.47 Å². The molecule has 3 aliphatic rings. The van der Waals surface area contributed by atoms with Gasteiger partial charge in [0.1, 0.15) is 0 Å². The number of hydrogen-bond donors (Lipinski definition) is 0. The first kappa shape index (κ1) is 18.8. The van der Waals surface area contributed by atoms with Gasteiger partial charge in [0.2, 0.25) is 0 Å². The monoisotopic (exact) mass is 462 g/mol. The molecule has 1 unspecified atom stereocenters. The average Bonchev–Trinajstić information content (AvgIpc) is 2.81. The van der Waals surface area contributed by atoms with Gasteiger partial charge >= 0.3 is 0 Å². The van der Waals surface area contributed by atoms with Crippen LogP contribution in [0.25, 0.3) is 0 Å². The Labute approximate surface area is 192 Å². The van der Waals surface area contributed by atoms with Crippen LogP contribution >= 0.6 is 15.9 Å². The zero-order chi connectivity index (χ0) is 21.1. The minimum absolute atomic E-state index is 0.0679. The summed E-state index contributed by atoms with van der Waals surface area (Å²) in [6, 6.07) is 29.0. The predicted octanol–water partition coefficient (Wildman–Crippen LogP) is 7.66. The van der Waals surface area contributed by atoms with E-state index in [1.54, 1.807) is 0 Å². The molecule has 3 aromatic rings. The molecule has 31 heavy (non-hydrogen) atoms. The predicted molar refractivity (Wildman–Crippen MR) is 132 cm³/mol. The van der Waals surface area contributed by atoms with Crippen molar-refractivity contribution in [2.24, 2.45) is 5.92 Å². The van der Waals surface area contributed by atoms with Gasteiger partial charge in [0.15, 0.2) is 0 Å². The van der Waals surface area contributed by atoms with Crippen molar-refractivity contribution < 1.29 is 0 Å². The SMILES string of the molecule is C[C@@]12C=CC=C3C=CC=C([C@H]31)C(c1ccccc1)(c1cccc(Br)c1)c1ccccc12. The van der Waals surface area contributed by atoms with Crippen LogP contribution in [0.3, 0.4) is 0 Å². The second kappa shape index (κ2) is 6.80. The highest BCUT2D eigenvalue weighted by atomic mass is 79.9. The molecule has 1 heteroatoms. The van der Waals surface area contributed by atoms with E-state index in [9.17, 15) is 0 Å². The van der Waals surface area contributed by atoms with Crippen molar-refractivity contribution in [3.63, 3.8) is 0 Å². The molecule has 3 aliphatic carbocycles. The van der Waals surface area contributed by atoms with Gasteiger partial charge in [0.05, 0.1) is 5.41 Å². The Bertz CT molecular complexity index is 1310. The molecular weight excluding hydrogens is 440 g/mol. The van der Waals surface area contributed by atoms with Gasteiger partial charge in [-0.1, -0.05) is 126 Å². The summed E-state index contributed by atoms with van der Waals surface area (Å²) in [5.74, 6) is 0.302. The Morgan fingerprint density at radius 3 is 2.29 bits per heavy atom. The summed E-state index contributed by atoms with van der Waals surface area (Å²) in [4.78, 5) is 0. The van der Waals surface area contributed by atoms with Crippen molar-refractivity contribution >= 4 is 15.9 Å². The molecule has 3 aromatic carbocycles. The van der Waals surface area contributed by atoms with Crippen molar-refractivity contribution in [1.29, 1.82) is 0 Å². The van der Waals surface area contributed by atoms with Gasteiger partial charge in [-0.3, -0.25) is 0 Å². The molecule has 0 nitrogen and oxygen atoms in total. The molecule has 0 fully saturated rings. The first-order valence-corrected chi connectivity index (χ1v) is 11.6. The molecule has 0 heterocycles. The molecule has 0 saturated heterocycles. The van der Waals surface area contributed by atoms with Crippen LogP contribution in [0.1, 0.15) is 29.2 Å². The third-order valence-electron chi connectivity index (χ3n) is 7.35. The summed E-state index contributed by atoms with van der Waals surface area (Å²) in [5.41, 5.74) is 7.85. The van der Waals surface area contributed by atoms with Crippen molar-refractivity contribution in [2.75, 3.05) is 0 Å². The molecule has 0 amide bonds. The minimum atomic E-state index is -0.346. The first-order valence-electron chi connectivity index (χ1n) is 10.9. The minimum Gasteiger partial charge on any atom is -0.0733 e. The van der Waals surface area contributed by atoms with Crippen LogP contribution in [0.4, 0.5) is 0 Å². The summed E-state index contributed by atoms with van der Waals surface area (Å²) >= 11 is 3.76. The summed E-state index contributed by atoms with van der Waals surface area (Å²) in [6.07, 6.45) is 13.8. The Hall–Kier alpha value is -2.90. The smallest absolute Gasteiger partial charge is 0.0674 e. The normalized spacial score (nSPS) is 27.7. The van der Waals surface area contributed by atoms with Gasteiger partial charge in [0.25, 0.3) is 0 Å².